The molecule has 1 aliphatic carbocycles. The van der Waals surface area contributed by atoms with Gasteiger partial charge in [0, 0.05) is 6.20 Å². The summed E-state index contributed by atoms with van der Waals surface area (Å²) in [5, 5.41) is 16.0. The molecule has 6 nitrogen and oxygen atoms in total. The highest BCUT2D eigenvalue weighted by atomic mass is 16.4. The van der Waals surface area contributed by atoms with Crippen LogP contribution in [-0.2, 0) is 34.4 Å². The molecule has 0 spiro atoms. The number of aryl methyl sites for hydroxylation is 2. The number of carbonyl (C=O) groups is 2. The van der Waals surface area contributed by atoms with Crippen LogP contribution in [-0.4, -0.2) is 26.8 Å². The number of fused-ring (bicyclic) bond motifs is 1. The Kier molecular flexibility index (Phi) is 4.13. The van der Waals surface area contributed by atoms with E-state index in [-0.39, 0.29) is 5.91 Å². The minimum atomic E-state index is -1.16. The first-order valence-electron chi connectivity index (χ1n) is 8.05. The monoisotopic (exact) mass is 327 g/mol. The summed E-state index contributed by atoms with van der Waals surface area (Å²) in [6.45, 7) is 3.11. The molecule has 24 heavy (non-hydrogen) atoms. The molecule has 1 aromatic carbocycles. The lowest BCUT2D eigenvalue weighted by molar-refractivity contribution is -0.146. The highest BCUT2D eigenvalue weighted by molar-refractivity contribution is 5.92. The average molecular weight is 327 g/mol. The van der Waals surface area contributed by atoms with Crippen molar-refractivity contribution in [3.8, 4) is 0 Å². The summed E-state index contributed by atoms with van der Waals surface area (Å²) < 4.78 is 1.33. The lowest BCUT2D eigenvalue weighted by atomic mass is 10.0. The molecule has 3 rings (SSSR count). The van der Waals surface area contributed by atoms with E-state index in [2.05, 4.69) is 22.5 Å². The first kappa shape index (κ1) is 16.2. The first-order chi connectivity index (χ1) is 11.4. The second kappa shape index (κ2) is 6.11. The third-order valence-electron chi connectivity index (χ3n) is 4.49. The van der Waals surface area contributed by atoms with Crippen LogP contribution in [0.3, 0.4) is 0 Å². The van der Waals surface area contributed by atoms with E-state index in [1.165, 1.54) is 34.6 Å². The van der Waals surface area contributed by atoms with Gasteiger partial charge in [-0.1, -0.05) is 18.2 Å². The molecule has 1 aliphatic rings. The topological polar surface area (TPSA) is 84.2 Å². The summed E-state index contributed by atoms with van der Waals surface area (Å²) in [6.07, 6.45) is 6.69. The number of nitrogens with zero attached hydrogens (tertiary/aromatic N) is 2. The van der Waals surface area contributed by atoms with Gasteiger partial charge in [0.2, 0.25) is 5.91 Å². The molecule has 0 bridgehead atoms. The van der Waals surface area contributed by atoms with E-state index in [1.807, 2.05) is 6.07 Å². The summed E-state index contributed by atoms with van der Waals surface area (Å²) in [6, 6.07) is 6.22. The summed E-state index contributed by atoms with van der Waals surface area (Å²) in [4.78, 5) is 23.4. The molecule has 6 heteroatoms. The van der Waals surface area contributed by atoms with Crippen LogP contribution < -0.4 is 5.32 Å². The number of amides is 1. The molecule has 0 aliphatic heterocycles. The average Bonchev–Trinajstić information content (AvgIpc) is 3.15. The van der Waals surface area contributed by atoms with E-state index in [9.17, 15) is 14.7 Å². The Hall–Kier alpha value is -2.63. The predicted molar refractivity (Wildman–Crippen MR) is 90.0 cm³/mol. The van der Waals surface area contributed by atoms with Gasteiger partial charge in [-0.25, -0.2) is 4.79 Å². The molecule has 126 valence electrons. The molecular weight excluding hydrogens is 306 g/mol. The predicted octanol–water partition coefficient (Wildman–Crippen LogP) is 2.37. The lowest BCUT2D eigenvalue weighted by Gasteiger charge is -2.19. The molecule has 1 heterocycles. The second-order valence-corrected chi connectivity index (χ2v) is 6.72. The van der Waals surface area contributed by atoms with Gasteiger partial charge in [0.25, 0.3) is 0 Å². The quantitative estimate of drug-likeness (QED) is 0.883. The Morgan fingerprint density at radius 1 is 1.29 bits per heavy atom. The Morgan fingerprint density at radius 3 is 2.79 bits per heavy atom. The molecule has 2 aromatic rings. The number of benzene rings is 1. The Labute approximate surface area is 140 Å². The number of anilines is 1. The SMILES string of the molecule is CC(C)(C(=O)O)n1cc(NC(=O)Cc2ccc3c(c2)CCC3)cn1. The Morgan fingerprint density at radius 2 is 2.04 bits per heavy atom. The van der Waals surface area contributed by atoms with Gasteiger partial charge in [-0.3, -0.25) is 9.48 Å². The normalized spacial score (nSPS) is 13.6. The highest BCUT2D eigenvalue weighted by Gasteiger charge is 2.30. The van der Waals surface area contributed by atoms with Crippen molar-refractivity contribution in [2.75, 3.05) is 5.32 Å². The van der Waals surface area contributed by atoms with Gasteiger partial charge in [0.05, 0.1) is 18.3 Å². The van der Waals surface area contributed by atoms with Gasteiger partial charge in [0.15, 0.2) is 5.54 Å². The number of rotatable bonds is 5. The number of aromatic nitrogens is 2. The fourth-order valence-corrected chi connectivity index (χ4v) is 2.92. The van der Waals surface area contributed by atoms with Crippen molar-refractivity contribution in [2.24, 2.45) is 0 Å². The number of nitrogens with one attached hydrogen (secondary N) is 1. The van der Waals surface area contributed by atoms with Gasteiger partial charge >= 0.3 is 5.97 Å². The van der Waals surface area contributed by atoms with Crippen LogP contribution in [0, 0.1) is 0 Å². The Balaban J connectivity index is 1.65. The van der Waals surface area contributed by atoms with Gasteiger partial charge in [-0.05, 0) is 49.8 Å². The molecule has 0 unspecified atom stereocenters. The van der Waals surface area contributed by atoms with Gasteiger partial charge in [0.1, 0.15) is 0 Å². The fourth-order valence-electron chi connectivity index (χ4n) is 2.92. The molecule has 2 N–H and O–H groups in total. The van der Waals surface area contributed by atoms with Crippen LogP contribution in [0.2, 0.25) is 0 Å². The zero-order valence-corrected chi connectivity index (χ0v) is 13.9. The van der Waals surface area contributed by atoms with Crippen LogP contribution in [0.1, 0.15) is 37.0 Å². The summed E-state index contributed by atoms with van der Waals surface area (Å²) in [7, 11) is 0. The van der Waals surface area contributed by atoms with Crippen molar-refractivity contribution in [1.82, 2.24) is 9.78 Å². The second-order valence-electron chi connectivity index (χ2n) is 6.72. The zero-order valence-electron chi connectivity index (χ0n) is 13.9. The largest absolute Gasteiger partial charge is 0.479 e. The number of aliphatic carboxylic acids is 1. The van der Waals surface area contributed by atoms with Crippen molar-refractivity contribution in [2.45, 2.75) is 45.1 Å². The van der Waals surface area contributed by atoms with Crippen molar-refractivity contribution in [3.05, 3.63) is 47.3 Å². The zero-order chi connectivity index (χ0) is 17.3. The highest BCUT2D eigenvalue weighted by Crippen LogP contribution is 2.23. The fraction of sp³-hybridized carbons (Fsp3) is 0.389. The van der Waals surface area contributed by atoms with E-state index < -0.39 is 11.5 Å². The van der Waals surface area contributed by atoms with Gasteiger partial charge in [-0.15, -0.1) is 0 Å². The summed E-state index contributed by atoms with van der Waals surface area (Å²) in [5.74, 6) is -1.12. The van der Waals surface area contributed by atoms with Crippen LogP contribution in [0.25, 0.3) is 0 Å². The van der Waals surface area contributed by atoms with E-state index in [0.717, 1.165) is 18.4 Å². The maximum Gasteiger partial charge on any atom is 0.331 e. The molecule has 0 saturated heterocycles. The first-order valence-corrected chi connectivity index (χ1v) is 8.05. The molecule has 1 aromatic heterocycles. The van der Waals surface area contributed by atoms with Gasteiger partial charge < -0.3 is 10.4 Å². The van der Waals surface area contributed by atoms with Crippen LogP contribution >= 0.6 is 0 Å². The minimum Gasteiger partial charge on any atom is -0.479 e. The molecular formula is C18H21N3O3. The van der Waals surface area contributed by atoms with E-state index >= 15 is 0 Å². The van der Waals surface area contributed by atoms with Gasteiger partial charge in [-0.2, -0.15) is 5.10 Å². The van der Waals surface area contributed by atoms with Crippen molar-refractivity contribution in [1.29, 1.82) is 0 Å². The van der Waals surface area contributed by atoms with Crippen molar-refractivity contribution < 1.29 is 14.7 Å². The molecule has 0 radical (unpaired) electrons. The maximum atomic E-state index is 12.2. The third kappa shape index (κ3) is 3.18. The number of carboxylic acid groups (broad SMARTS) is 1. The molecule has 0 fully saturated rings. The van der Waals surface area contributed by atoms with Crippen LogP contribution in [0.5, 0.6) is 0 Å². The Bertz CT molecular complexity index is 793. The molecule has 0 saturated carbocycles. The number of carboxylic acids is 1. The van der Waals surface area contributed by atoms with E-state index in [0.29, 0.717) is 12.1 Å². The van der Waals surface area contributed by atoms with Crippen LogP contribution in [0.4, 0.5) is 5.69 Å². The van der Waals surface area contributed by atoms with Crippen LogP contribution in [0.15, 0.2) is 30.6 Å². The number of carbonyl (C=O) groups excluding carboxylic acids is 1. The van der Waals surface area contributed by atoms with Crippen molar-refractivity contribution in [3.63, 3.8) is 0 Å². The van der Waals surface area contributed by atoms with E-state index in [1.54, 1.807) is 13.8 Å². The number of hydrogen-bond donors (Lipinski definition) is 2. The lowest BCUT2D eigenvalue weighted by Crippen LogP contribution is -2.35. The number of hydrogen-bond acceptors (Lipinski definition) is 3. The standard InChI is InChI=1S/C18H21N3O3/c1-18(2,17(23)24)21-11-15(10-19-21)20-16(22)9-12-6-7-13-4-3-5-14(13)8-12/h6-8,10-11H,3-5,9H2,1-2H3,(H,20,22)(H,23,24). The molecule has 0 atom stereocenters. The summed E-state index contributed by atoms with van der Waals surface area (Å²) >= 11 is 0. The minimum absolute atomic E-state index is 0.138. The third-order valence-corrected chi connectivity index (χ3v) is 4.49. The summed E-state index contributed by atoms with van der Waals surface area (Å²) in [5.41, 5.74) is 3.05. The smallest absolute Gasteiger partial charge is 0.331 e. The maximum absolute atomic E-state index is 12.2. The van der Waals surface area contributed by atoms with E-state index in [4.69, 9.17) is 0 Å². The van der Waals surface area contributed by atoms with Crippen molar-refractivity contribution >= 4 is 17.6 Å². The molecule has 1 amide bonds.